The molecule has 11 rings (SSSR count). The largest absolute Gasteiger partial charge is 0.384 e. The van der Waals surface area contributed by atoms with Gasteiger partial charge in [0.25, 0.3) is 0 Å². The Morgan fingerprint density at radius 2 is 1.06 bits per heavy atom. The van der Waals surface area contributed by atoms with E-state index in [1.165, 1.54) is 22.7 Å². The molecule has 334 valence electrons. The van der Waals surface area contributed by atoms with Gasteiger partial charge >= 0.3 is 13.7 Å². The molecule has 4 heterocycles. The van der Waals surface area contributed by atoms with Crippen LogP contribution in [0, 0.1) is 24.8 Å². The number of hydrogen-bond donors (Lipinski definition) is 0. The van der Waals surface area contributed by atoms with E-state index < -0.39 is 13.7 Å². The molecule has 0 bridgehead atoms. The molecule has 0 unspecified atom stereocenters. The SMILES string of the molecule is [C-]#[N+]/C(c1nc2ccc(Cl)cc2s1)=c1\c2c(C(C)C)n(B(c3ccccc3)c3ccccc3)/c(=C(/C#N)c3nc4ccc(Cl)cc4s3)c2c(-c2ccccc2C)n1B(c1ccccc1)c1ccccc1. The van der Waals surface area contributed by atoms with E-state index in [-0.39, 0.29) is 5.92 Å². The van der Waals surface area contributed by atoms with Crippen molar-refractivity contribution in [2.24, 2.45) is 0 Å². The minimum absolute atomic E-state index is 0.146. The summed E-state index contributed by atoms with van der Waals surface area (Å²) in [6.45, 7) is 15.1. The molecule has 0 spiro atoms. The first-order valence-electron chi connectivity index (χ1n) is 23.0. The number of fused-ring (bicyclic) bond motifs is 3. The van der Waals surface area contributed by atoms with E-state index >= 15 is 0 Å². The fourth-order valence-electron chi connectivity index (χ4n) is 10.0. The molecule has 0 fully saturated rings. The molecule has 0 saturated heterocycles. The van der Waals surface area contributed by atoms with Crippen LogP contribution < -0.4 is 32.5 Å². The van der Waals surface area contributed by atoms with E-state index in [0.717, 1.165) is 75.6 Å². The standard InChI is InChI=1S/C58H40B2Cl2N6S2/c1-36(2)53-50-51(55(45(35-63)57-65-46-31-29-42(61)33-48(46)69-57)67(53)59(38-20-9-5-10-21-38)39-22-11-6-12-23-39)54(44-28-18-17-19-37(44)3)68(60(40-24-13-7-14-25-40)41-26-15-8-16-27-41)56(50)52(64-4)58-66-47-32-30-43(62)34-49(47)70-58/h5-34,36H,1-3H3/b55-45-,56-52+. The molecule has 0 radical (unpaired) electrons. The van der Waals surface area contributed by atoms with Crippen molar-refractivity contribution in [1.29, 1.82) is 5.26 Å². The third kappa shape index (κ3) is 7.84. The Kier molecular flexibility index (Phi) is 12.1. The molecule has 11 aromatic rings. The number of aromatic nitrogens is 4. The molecule has 0 amide bonds. The Morgan fingerprint density at radius 3 is 1.53 bits per heavy atom. The van der Waals surface area contributed by atoms with E-state index in [0.29, 0.717) is 42.0 Å². The maximum absolute atomic E-state index is 12.0. The van der Waals surface area contributed by atoms with Gasteiger partial charge in [0.05, 0.1) is 32.4 Å². The first kappa shape index (κ1) is 45.0. The molecular formula is C58H40B2Cl2N6S2. The molecule has 12 heteroatoms. The third-order valence-electron chi connectivity index (χ3n) is 12.9. The summed E-state index contributed by atoms with van der Waals surface area (Å²) >= 11 is 16.2. The average molecular weight is 978 g/mol. The lowest BCUT2D eigenvalue weighted by molar-refractivity contribution is 0.810. The number of rotatable bonds is 10. The van der Waals surface area contributed by atoms with Gasteiger partial charge in [-0.2, -0.15) is 5.26 Å². The van der Waals surface area contributed by atoms with Crippen molar-refractivity contribution in [3.8, 4) is 17.3 Å². The van der Waals surface area contributed by atoms with E-state index in [1.807, 2.05) is 60.7 Å². The van der Waals surface area contributed by atoms with E-state index in [9.17, 15) is 11.8 Å². The Hall–Kier alpha value is -7.43. The predicted octanol–water partition coefficient (Wildman–Crippen LogP) is 11.2. The number of nitriles is 1. The zero-order valence-corrected chi connectivity index (χ0v) is 41.5. The minimum Gasteiger partial charge on any atom is -0.384 e. The summed E-state index contributed by atoms with van der Waals surface area (Å²) in [7, 11) is 0. The van der Waals surface area contributed by atoms with Crippen molar-refractivity contribution in [1.82, 2.24) is 18.9 Å². The predicted molar refractivity (Wildman–Crippen MR) is 297 cm³/mol. The van der Waals surface area contributed by atoms with Gasteiger partial charge in [-0.25, -0.2) is 14.8 Å². The van der Waals surface area contributed by atoms with Crippen LogP contribution in [0.2, 0.25) is 10.0 Å². The number of thiazole rings is 2. The van der Waals surface area contributed by atoms with Crippen LogP contribution in [-0.2, 0) is 0 Å². The number of nitrogens with zero attached hydrogens (tertiary/aromatic N) is 6. The molecule has 4 aromatic heterocycles. The molecule has 0 aliphatic carbocycles. The lowest BCUT2D eigenvalue weighted by atomic mass is 9.50. The summed E-state index contributed by atoms with van der Waals surface area (Å²) in [6, 6.07) is 64.6. The highest BCUT2D eigenvalue weighted by atomic mass is 35.5. The van der Waals surface area contributed by atoms with Gasteiger partial charge in [0.1, 0.15) is 21.7 Å². The van der Waals surface area contributed by atoms with Gasteiger partial charge in [-0.1, -0.05) is 204 Å². The van der Waals surface area contributed by atoms with E-state index in [2.05, 4.69) is 162 Å². The summed E-state index contributed by atoms with van der Waals surface area (Å²) in [5.74, 6) is -0.146. The summed E-state index contributed by atoms with van der Waals surface area (Å²) < 4.78 is 6.54. The molecule has 0 aliphatic heterocycles. The fourth-order valence-corrected chi connectivity index (χ4v) is 12.5. The Morgan fingerprint density at radius 1 is 0.600 bits per heavy atom. The van der Waals surface area contributed by atoms with Gasteiger partial charge in [0.15, 0.2) is 0 Å². The van der Waals surface area contributed by atoms with Crippen LogP contribution in [0.25, 0.3) is 58.6 Å². The van der Waals surface area contributed by atoms with Crippen LogP contribution in [0.4, 0.5) is 0 Å². The van der Waals surface area contributed by atoms with Gasteiger partial charge in [-0.15, -0.1) is 22.7 Å². The monoisotopic (exact) mass is 976 g/mol. The fraction of sp³-hybridized carbons (Fsp3) is 0.0690. The Bertz CT molecular complexity index is 3820. The van der Waals surface area contributed by atoms with Crippen LogP contribution in [0.3, 0.4) is 0 Å². The van der Waals surface area contributed by atoms with Crippen molar-refractivity contribution in [2.45, 2.75) is 26.7 Å². The molecule has 0 N–H and O–H groups in total. The molecule has 7 aromatic carbocycles. The molecule has 70 heavy (non-hydrogen) atoms. The second-order valence-electron chi connectivity index (χ2n) is 17.5. The number of benzene rings is 7. The van der Waals surface area contributed by atoms with Gasteiger partial charge in [0, 0.05) is 43.1 Å². The van der Waals surface area contributed by atoms with Crippen molar-refractivity contribution < 1.29 is 0 Å². The Labute approximate surface area is 424 Å². The molecule has 0 aliphatic rings. The van der Waals surface area contributed by atoms with Crippen molar-refractivity contribution >= 4 is 124 Å². The summed E-state index contributed by atoms with van der Waals surface area (Å²) in [4.78, 5) is 15.0. The van der Waals surface area contributed by atoms with Crippen LogP contribution in [0.5, 0.6) is 0 Å². The topological polar surface area (TPSA) is 63.8 Å². The van der Waals surface area contributed by atoms with Crippen LogP contribution in [0.15, 0.2) is 182 Å². The highest BCUT2D eigenvalue weighted by molar-refractivity contribution is 7.20. The van der Waals surface area contributed by atoms with Gasteiger partial charge in [0.2, 0.25) is 5.70 Å². The maximum Gasteiger partial charge on any atom is 0.327 e. The van der Waals surface area contributed by atoms with Crippen LogP contribution >= 0.6 is 45.9 Å². The minimum atomic E-state index is -0.449. The van der Waals surface area contributed by atoms with E-state index in [4.69, 9.17) is 33.2 Å². The number of aryl methyl sites for hydroxylation is 1. The Balaban J connectivity index is 1.50. The molecule has 0 atom stereocenters. The zero-order valence-electron chi connectivity index (χ0n) is 38.3. The maximum atomic E-state index is 12.0. The third-order valence-corrected chi connectivity index (χ3v) is 15.5. The van der Waals surface area contributed by atoms with Gasteiger partial charge < -0.3 is 8.96 Å². The quantitative estimate of drug-likeness (QED) is 0.101. The smallest absolute Gasteiger partial charge is 0.327 e. The first-order chi connectivity index (χ1) is 34.2. The van der Waals surface area contributed by atoms with Crippen LogP contribution in [-0.4, -0.2) is 32.6 Å². The van der Waals surface area contributed by atoms with Crippen LogP contribution in [0.1, 0.15) is 41.0 Å². The highest BCUT2D eigenvalue weighted by Crippen LogP contribution is 2.38. The summed E-state index contributed by atoms with van der Waals surface area (Å²) in [6.07, 6.45) is 0. The van der Waals surface area contributed by atoms with Crippen molar-refractivity contribution in [3.63, 3.8) is 0 Å². The van der Waals surface area contributed by atoms with Crippen molar-refractivity contribution in [3.05, 3.63) is 235 Å². The van der Waals surface area contributed by atoms with Gasteiger partial charge in [-0.3, -0.25) is 0 Å². The zero-order chi connectivity index (χ0) is 48.0. The lowest BCUT2D eigenvalue weighted by Gasteiger charge is -2.25. The van der Waals surface area contributed by atoms with Crippen molar-refractivity contribution in [2.75, 3.05) is 0 Å². The lowest BCUT2D eigenvalue weighted by Crippen LogP contribution is -2.54. The average Bonchev–Trinajstić information content (AvgIpc) is 4.15. The first-order valence-corrected chi connectivity index (χ1v) is 25.4. The summed E-state index contributed by atoms with van der Waals surface area (Å²) in [5, 5.41) is 17.5. The molecule has 0 saturated carbocycles. The summed E-state index contributed by atoms with van der Waals surface area (Å²) in [5.41, 5.74) is 10.3. The van der Waals surface area contributed by atoms with E-state index in [1.54, 1.807) is 0 Å². The molecular weight excluding hydrogens is 937 g/mol. The second-order valence-corrected chi connectivity index (χ2v) is 20.5. The normalized spacial score (nSPS) is 12.3. The van der Waals surface area contributed by atoms with Gasteiger partial charge in [-0.05, 0) is 54.8 Å². The number of halogens is 2. The highest BCUT2D eigenvalue weighted by Gasteiger charge is 2.38. The second kappa shape index (κ2) is 18.8. The number of hydrogen-bond acceptors (Lipinski definition) is 5. The molecule has 6 nitrogen and oxygen atoms in total.